The Bertz CT molecular complexity index is 1080. The van der Waals surface area contributed by atoms with E-state index in [-0.39, 0.29) is 17.9 Å². The van der Waals surface area contributed by atoms with Crippen molar-refractivity contribution in [2.45, 2.75) is 50.7 Å². The minimum atomic E-state index is -0.428. The number of fused-ring (bicyclic) bond motifs is 1. The van der Waals surface area contributed by atoms with Gasteiger partial charge < -0.3 is 10.2 Å². The van der Waals surface area contributed by atoms with E-state index in [1.165, 1.54) is 6.42 Å². The number of carbonyl (C=O) groups is 2. The third-order valence-electron chi connectivity index (χ3n) is 6.66. The van der Waals surface area contributed by atoms with E-state index >= 15 is 0 Å². The summed E-state index contributed by atoms with van der Waals surface area (Å²) in [6, 6.07) is 14.7. The maximum absolute atomic E-state index is 13.4. The van der Waals surface area contributed by atoms with E-state index < -0.39 is 6.04 Å². The zero-order valence-electron chi connectivity index (χ0n) is 17.9. The van der Waals surface area contributed by atoms with Crippen molar-refractivity contribution in [1.29, 1.82) is 0 Å². The van der Waals surface area contributed by atoms with Gasteiger partial charge in [-0.2, -0.15) is 5.10 Å². The summed E-state index contributed by atoms with van der Waals surface area (Å²) in [6.07, 6.45) is 10.3. The number of hydrogen-bond donors (Lipinski definition) is 1. The van der Waals surface area contributed by atoms with Crippen LogP contribution in [0.2, 0.25) is 0 Å². The van der Waals surface area contributed by atoms with Crippen LogP contribution in [-0.2, 0) is 11.3 Å². The fourth-order valence-electron chi connectivity index (χ4n) is 5.12. The molecule has 164 valence electrons. The topological polar surface area (TPSA) is 80.1 Å². The summed E-state index contributed by atoms with van der Waals surface area (Å²) in [5, 5.41) is 7.28. The van der Waals surface area contributed by atoms with Gasteiger partial charge in [-0.05, 0) is 61.1 Å². The molecular weight excluding hydrogens is 402 g/mol. The van der Waals surface area contributed by atoms with Crippen LogP contribution >= 0.6 is 0 Å². The van der Waals surface area contributed by atoms with Crippen LogP contribution in [0.25, 0.3) is 5.82 Å². The van der Waals surface area contributed by atoms with Crippen LogP contribution in [-0.4, -0.2) is 43.6 Å². The highest BCUT2D eigenvalue weighted by molar-refractivity contribution is 5.98. The summed E-state index contributed by atoms with van der Waals surface area (Å²) in [4.78, 5) is 32.9. The Morgan fingerprint density at radius 3 is 2.69 bits per heavy atom. The Morgan fingerprint density at radius 2 is 1.88 bits per heavy atom. The smallest absolute Gasteiger partial charge is 0.254 e. The first kappa shape index (κ1) is 20.4. The van der Waals surface area contributed by atoms with E-state index in [0.29, 0.717) is 23.8 Å². The monoisotopic (exact) mass is 429 g/mol. The lowest BCUT2D eigenvalue weighted by molar-refractivity contribution is -0.125. The van der Waals surface area contributed by atoms with E-state index in [4.69, 9.17) is 0 Å². The van der Waals surface area contributed by atoms with Crippen LogP contribution in [0.15, 0.2) is 67.1 Å². The van der Waals surface area contributed by atoms with Crippen molar-refractivity contribution < 1.29 is 9.59 Å². The van der Waals surface area contributed by atoms with Gasteiger partial charge in [0.1, 0.15) is 6.04 Å². The zero-order chi connectivity index (χ0) is 21.9. The molecule has 1 aromatic carbocycles. The number of amides is 2. The number of hydrogen-bond acceptors (Lipinski definition) is 4. The van der Waals surface area contributed by atoms with Gasteiger partial charge in [-0.1, -0.05) is 31.0 Å². The molecular formula is C25H27N5O2. The molecule has 3 atom stereocenters. The van der Waals surface area contributed by atoms with Crippen molar-refractivity contribution in [3.63, 3.8) is 0 Å². The number of pyridine rings is 1. The highest BCUT2D eigenvalue weighted by Gasteiger charge is 2.47. The summed E-state index contributed by atoms with van der Waals surface area (Å²) in [5.74, 6) is 0.986. The van der Waals surface area contributed by atoms with Crippen LogP contribution in [0.1, 0.15) is 48.0 Å². The van der Waals surface area contributed by atoms with Crippen molar-refractivity contribution in [2.24, 2.45) is 5.92 Å². The van der Waals surface area contributed by atoms with E-state index in [0.717, 1.165) is 31.2 Å². The van der Waals surface area contributed by atoms with Crippen molar-refractivity contribution in [3.05, 3.63) is 78.2 Å². The van der Waals surface area contributed by atoms with Crippen LogP contribution in [0.5, 0.6) is 0 Å². The molecule has 3 unspecified atom stereocenters. The lowest BCUT2D eigenvalue weighted by Crippen LogP contribution is -2.49. The predicted molar refractivity (Wildman–Crippen MR) is 120 cm³/mol. The molecule has 1 aliphatic heterocycles. The Balaban J connectivity index is 1.32. The molecule has 0 bridgehead atoms. The molecule has 0 spiro atoms. The van der Waals surface area contributed by atoms with Crippen molar-refractivity contribution in [3.8, 4) is 5.82 Å². The lowest BCUT2D eigenvalue weighted by atomic mass is 9.84. The van der Waals surface area contributed by atoms with Gasteiger partial charge in [0.15, 0.2) is 5.82 Å². The molecule has 1 saturated carbocycles. The number of nitrogens with zero attached hydrogens (tertiary/aromatic N) is 4. The van der Waals surface area contributed by atoms with Gasteiger partial charge in [0.05, 0.1) is 0 Å². The first-order chi connectivity index (χ1) is 15.7. The summed E-state index contributed by atoms with van der Waals surface area (Å²) < 4.78 is 1.69. The maximum atomic E-state index is 13.4. The fourth-order valence-corrected chi connectivity index (χ4v) is 5.12. The van der Waals surface area contributed by atoms with Gasteiger partial charge in [-0.15, -0.1) is 0 Å². The molecule has 3 aromatic rings. The van der Waals surface area contributed by atoms with Crippen molar-refractivity contribution in [1.82, 2.24) is 25.0 Å². The van der Waals surface area contributed by atoms with Crippen LogP contribution in [0, 0.1) is 5.92 Å². The minimum absolute atomic E-state index is 0.0370. The Labute approximate surface area is 187 Å². The Hall–Kier alpha value is -3.48. The molecule has 3 heterocycles. The highest BCUT2D eigenvalue weighted by atomic mass is 16.2. The molecule has 7 heteroatoms. The zero-order valence-corrected chi connectivity index (χ0v) is 17.9. The summed E-state index contributed by atoms with van der Waals surface area (Å²) in [6.45, 7) is 0.384. The highest BCUT2D eigenvalue weighted by Crippen LogP contribution is 2.40. The van der Waals surface area contributed by atoms with Crippen LogP contribution in [0.4, 0.5) is 0 Å². The van der Waals surface area contributed by atoms with E-state index in [1.807, 2.05) is 59.6 Å². The van der Waals surface area contributed by atoms with E-state index in [1.54, 1.807) is 17.1 Å². The second-order valence-electron chi connectivity index (χ2n) is 8.63. The Kier molecular flexibility index (Phi) is 5.71. The SMILES string of the molecule is O=C(NCc1ccnc(-n2cccn2)c1)C1CC2CCCCC2N1C(=O)c1ccccc1. The normalized spacial score (nSPS) is 22.4. The quantitative estimate of drug-likeness (QED) is 0.675. The molecule has 2 fully saturated rings. The molecule has 1 N–H and O–H groups in total. The largest absolute Gasteiger partial charge is 0.350 e. The summed E-state index contributed by atoms with van der Waals surface area (Å²) in [5.41, 5.74) is 1.59. The fraction of sp³-hybridized carbons (Fsp3) is 0.360. The van der Waals surface area contributed by atoms with Crippen LogP contribution < -0.4 is 5.32 Å². The van der Waals surface area contributed by atoms with Gasteiger partial charge in [0, 0.05) is 36.7 Å². The van der Waals surface area contributed by atoms with Gasteiger partial charge in [-0.3, -0.25) is 9.59 Å². The standard InChI is InChI=1S/C25H27N5O2/c31-24(27-17-18-11-13-26-23(15-18)29-14-6-12-28-29)22-16-20-9-4-5-10-21(20)30(22)25(32)19-7-2-1-3-8-19/h1-3,6-8,11-15,20-22H,4-5,9-10,16-17H2,(H,27,31). The number of likely N-dealkylation sites (tertiary alicyclic amines) is 1. The molecule has 0 radical (unpaired) electrons. The second kappa shape index (κ2) is 8.94. The molecule has 7 nitrogen and oxygen atoms in total. The number of rotatable bonds is 5. The first-order valence-electron chi connectivity index (χ1n) is 11.3. The molecule has 5 rings (SSSR count). The number of aromatic nitrogens is 3. The van der Waals surface area contributed by atoms with Gasteiger partial charge in [0.25, 0.3) is 5.91 Å². The average molecular weight is 430 g/mol. The van der Waals surface area contributed by atoms with Gasteiger partial charge in [0.2, 0.25) is 5.91 Å². The molecule has 2 aromatic heterocycles. The average Bonchev–Trinajstić information content (AvgIpc) is 3.51. The number of benzene rings is 1. The van der Waals surface area contributed by atoms with Crippen LogP contribution in [0.3, 0.4) is 0 Å². The summed E-state index contributed by atoms with van der Waals surface area (Å²) in [7, 11) is 0. The first-order valence-corrected chi connectivity index (χ1v) is 11.3. The minimum Gasteiger partial charge on any atom is -0.350 e. The lowest BCUT2D eigenvalue weighted by Gasteiger charge is -2.33. The second-order valence-corrected chi connectivity index (χ2v) is 8.63. The van der Waals surface area contributed by atoms with E-state index in [2.05, 4.69) is 15.4 Å². The molecule has 1 aliphatic carbocycles. The third kappa shape index (κ3) is 4.02. The molecule has 32 heavy (non-hydrogen) atoms. The number of nitrogens with one attached hydrogen (secondary N) is 1. The third-order valence-corrected chi connectivity index (χ3v) is 6.66. The number of carbonyl (C=O) groups excluding carboxylic acids is 2. The Morgan fingerprint density at radius 1 is 1.03 bits per heavy atom. The van der Waals surface area contributed by atoms with Gasteiger partial charge >= 0.3 is 0 Å². The van der Waals surface area contributed by atoms with E-state index in [9.17, 15) is 9.59 Å². The molecule has 2 aliphatic rings. The molecule has 2 amide bonds. The summed E-state index contributed by atoms with van der Waals surface area (Å²) >= 11 is 0. The molecule has 1 saturated heterocycles. The maximum Gasteiger partial charge on any atom is 0.254 e. The van der Waals surface area contributed by atoms with Crippen molar-refractivity contribution >= 4 is 11.8 Å². The van der Waals surface area contributed by atoms with Crippen molar-refractivity contribution in [2.75, 3.05) is 0 Å². The van der Waals surface area contributed by atoms with Gasteiger partial charge in [-0.25, -0.2) is 9.67 Å². The predicted octanol–water partition coefficient (Wildman–Crippen LogP) is 3.36.